The molecule has 1 fully saturated rings. The van der Waals surface area contributed by atoms with E-state index in [1.54, 1.807) is 7.11 Å². The maximum Gasteiger partial charge on any atom is 0.225 e. The molecule has 2 N–H and O–H groups in total. The van der Waals surface area contributed by atoms with E-state index in [-0.39, 0.29) is 42.7 Å². The molecule has 2 atom stereocenters. The highest BCUT2D eigenvalue weighted by atomic mass is 35.5. The third-order valence-corrected chi connectivity index (χ3v) is 4.28. The summed E-state index contributed by atoms with van der Waals surface area (Å²) in [7, 11) is 1.68. The van der Waals surface area contributed by atoms with Crippen molar-refractivity contribution in [3.8, 4) is 0 Å². The predicted molar refractivity (Wildman–Crippen MR) is 96.1 cm³/mol. The average Bonchev–Trinajstić information content (AvgIpc) is 2.89. The molecule has 0 saturated heterocycles. The summed E-state index contributed by atoms with van der Waals surface area (Å²) in [5.41, 5.74) is 5.92. The molecule has 0 aromatic rings. The molecule has 5 nitrogen and oxygen atoms in total. The largest absolute Gasteiger partial charge is 0.383 e. The molecule has 2 unspecified atom stereocenters. The molecule has 1 aliphatic rings. The molecule has 1 rings (SSSR count). The van der Waals surface area contributed by atoms with Crippen LogP contribution in [0.3, 0.4) is 0 Å². The Balaban J connectivity index is 0. The Hall–Kier alpha value is -0.0700. The van der Waals surface area contributed by atoms with Crippen molar-refractivity contribution in [2.75, 3.05) is 46.4 Å². The third kappa shape index (κ3) is 7.97. The number of nitrogens with two attached hydrogens (primary N) is 1. The first-order valence-electron chi connectivity index (χ1n) is 7.88. The summed E-state index contributed by atoms with van der Waals surface area (Å²) in [5.74, 6) is 0.390. The number of rotatable bonds is 9. The number of hydrogen-bond acceptors (Lipinski definition) is 4. The molecule has 0 aliphatic heterocycles. The highest BCUT2D eigenvalue weighted by Gasteiger charge is 2.30. The molecule has 1 aliphatic carbocycles. The Morgan fingerprint density at radius 1 is 1.14 bits per heavy atom. The van der Waals surface area contributed by atoms with Crippen LogP contribution in [0.4, 0.5) is 0 Å². The van der Waals surface area contributed by atoms with E-state index in [1.165, 1.54) is 0 Å². The van der Waals surface area contributed by atoms with Crippen LogP contribution in [0.2, 0.25) is 0 Å². The fourth-order valence-corrected chi connectivity index (χ4v) is 2.83. The number of carbonyl (C=O) groups excluding carboxylic acids is 1. The summed E-state index contributed by atoms with van der Waals surface area (Å²) in [6, 6.07) is 0.205. The molecular formula is C15H33Cl2N3O2. The summed E-state index contributed by atoms with van der Waals surface area (Å²) in [5, 5.41) is 0. The van der Waals surface area contributed by atoms with Gasteiger partial charge in [0.25, 0.3) is 0 Å². The van der Waals surface area contributed by atoms with Crippen LogP contribution in [0.1, 0.15) is 33.1 Å². The van der Waals surface area contributed by atoms with Crippen molar-refractivity contribution in [2.45, 2.75) is 39.2 Å². The minimum Gasteiger partial charge on any atom is -0.383 e. The summed E-state index contributed by atoms with van der Waals surface area (Å²) in [4.78, 5) is 16.9. The quantitative estimate of drug-likeness (QED) is 0.683. The molecule has 7 heteroatoms. The molecule has 1 amide bonds. The van der Waals surface area contributed by atoms with Gasteiger partial charge in [-0.15, -0.1) is 24.8 Å². The number of likely N-dealkylation sites (N-methyl/N-ethyl adjacent to an activating group) is 1. The summed E-state index contributed by atoms with van der Waals surface area (Å²) >= 11 is 0. The molecule has 0 radical (unpaired) electrons. The van der Waals surface area contributed by atoms with Crippen LogP contribution in [0, 0.1) is 5.92 Å². The van der Waals surface area contributed by atoms with E-state index in [0.717, 1.165) is 45.4 Å². The predicted octanol–water partition coefficient (Wildman–Crippen LogP) is 1.77. The van der Waals surface area contributed by atoms with E-state index in [0.29, 0.717) is 13.2 Å². The highest BCUT2D eigenvalue weighted by Crippen LogP contribution is 2.25. The molecule has 0 aromatic carbocycles. The van der Waals surface area contributed by atoms with Crippen LogP contribution in [0.5, 0.6) is 0 Å². The number of nitrogens with zero attached hydrogens (tertiary/aromatic N) is 2. The number of amides is 1. The lowest BCUT2D eigenvalue weighted by atomic mass is 10.1. The van der Waals surface area contributed by atoms with Gasteiger partial charge in [0.05, 0.1) is 6.61 Å². The van der Waals surface area contributed by atoms with Crippen molar-refractivity contribution in [1.29, 1.82) is 0 Å². The number of methoxy groups -OCH3 is 1. The van der Waals surface area contributed by atoms with Gasteiger partial charge in [-0.25, -0.2) is 0 Å². The Bertz CT molecular complexity index is 292. The van der Waals surface area contributed by atoms with Crippen molar-refractivity contribution in [1.82, 2.24) is 9.80 Å². The van der Waals surface area contributed by atoms with Gasteiger partial charge >= 0.3 is 0 Å². The van der Waals surface area contributed by atoms with Gasteiger partial charge in [-0.1, -0.05) is 13.8 Å². The molecule has 1 saturated carbocycles. The molecule has 22 heavy (non-hydrogen) atoms. The zero-order chi connectivity index (χ0) is 15.0. The summed E-state index contributed by atoms with van der Waals surface area (Å²) < 4.78 is 5.13. The summed E-state index contributed by atoms with van der Waals surface area (Å²) in [6.45, 7) is 9.36. The van der Waals surface area contributed by atoms with Crippen LogP contribution >= 0.6 is 24.8 Å². The number of hydrogen-bond donors (Lipinski definition) is 1. The maximum atomic E-state index is 12.6. The van der Waals surface area contributed by atoms with Crippen molar-refractivity contribution in [2.24, 2.45) is 11.7 Å². The second-order valence-corrected chi connectivity index (χ2v) is 5.62. The number of halogens is 2. The SMILES string of the molecule is CCN(CC)CCN(CCOC)C(=O)C1CCC(N)C1.Cl.Cl. The molecule has 0 heterocycles. The van der Waals surface area contributed by atoms with Gasteiger partial charge in [0.1, 0.15) is 0 Å². The van der Waals surface area contributed by atoms with Gasteiger partial charge in [0.2, 0.25) is 5.91 Å². The van der Waals surface area contributed by atoms with E-state index in [9.17, 15) is 4.79 Å². The van der Waals surface area contributed by atoms with E-state index >= 15 is 0 Å². The number of carbonyl (C=O) groups is 1. The monoisotopic (exact) mass is 357 g/mol. The smallest absolute Gasteiger partial charge is 0.225 e. The fourth-order valence-electron chi connectivity index (χ4n) is 2.83. The normalized spacial score (nSPS) is 20.4. The highest BCUT2D eigenvalue weighted by molar-refractivity contribution is 5.85. The summed E-state index contributed by atoms with van der Waals surface area (Å²) in [6.07, 6.45) is 2.76. The van der Waals surface area contributed by atoms with Crippen molar-refractivity contribution in [3.63, 3.8) is 0 Å². The van der Waals surface area contributed by atoms with Crippen LogP contribution < -0.4 is 5.73 Å². The Morgan fingerprint density at radius 3 is 2.23 bits per heavy atom. The Kier molecular flexibility index (Phi) is 14.7. The first-order valence-corrected chi connectivity index (χ1v) is 7.88. The Morgan fingerprint density at radius 2 is 1.77 bits per heavy atom. The second-order valence-electron chi connectivity index (χ2n) is 5.62. The average molecular weight is 358 g/mol. The lowest BCUT2D eigenvalue weighted by Gasteiger charge is -2.28. The van der Waals surface area contributed by atoms with Crippen molar-refractivity contribution < 1.29 is 9.53 Å². The standard InChI is InChI=1S/C15H31N3O2.2ClH/c1-4-17(5-2)8-9-18(10-11-20-3)15(19)13-6-7-14(16)12-13;;/h13-14H,4-12,16H2,1-3H3;2*1H. The van der Waals surface area contributed by atoms with Gasteiger partial charge in [-0.05, 0) is 32.4 Å². The van der Waals surface area contributed by atoms with Gasteiger partial charge in [0, 0.05) is 38.7 Å². The minimum absolute atomic E-state index is 0. The van der Waals surface area contributed by atoms with E-state index < -0.39 is 0 Å². The zero-order valence-corrected chi connectivity index (χ0v) is 15.8. The van der Waals surface area contributed by atoms with Gasteiger partial charge < -0.3 is 20.3 Å². The van der Waals surface area contributed by atoms with Gasteiger partial charge in [-0.2, -0.15) is 0 Å². The van der Waals surface area contributed by atoms with E-state index in [2.05, 4.69) is 18.7 Å². The Labute approximate surface area is 147 Å². The maximum absolute atomic E-state index is 12.6. The zero-order valence-electron chi connectivity index (χ0n) is 14.1. The molecule has 0 bridgehead atoms. The first kappa shape index (κ1) is 24.2. The number of ether oxygens (including phenoxy) is 1. The van der Waals surface area contributed by atoms with Gasteiger partial charge in [0.15, 0.2) is 0 Å². The van der Waals surface area contributed by atoms with Crippen LogP contribution in [-0.4, -0.2) is 68.2 Å². The van der Waals surface area contributed by atoms with Crippen LogP contribution in [-0.2, 0) is 9.53 Å². The minimum atomic E-state index is 0. The molecule has 134 valence electrons. The van der Waals surface area contributed by atoms with Crippen molar-refractivity contribution >= 4 is 30.7 Å². The third-order valence-electron chi connectivity index (χ3n) is 4.28. The van der Waals surface area contributed by atoms with Crippen LogP contribution in [0.25, 0.3) is 0 Å². The van der Waals surface area contributed by atoms with Crippen molar-refractivity contribution in [3.05, 3.63) is 0 Å². The molecule has 0 aromatic heterocycles. The second kappa shape index (κ2) is 13.4. The lowest BCUT2D eigenvalue weighted by molar-refractivity contribution is -0.136. The molecule has 0 spiro atoms. The lowest BCUT2D eigenvalue weighted by Crippen LogP contribution is -2.43. The molecular weight excluding hydrogens is 325 g/mol. The first-order chi connectivity index (χ1) is 9.62. The van der Waals surface area contributed by atoms with E-state index in [1.807, 2.05) is 4.90 Å². The van der Waals surface area contributed by atoms with Gasteiger partial charge in [-0.3, -0.25) is 4.79 Å². The fraction of sp³-hybridized carbons (Fsp3) is 0.933. The van der Waals surface area contributed by atoms with Crippen LogP contribution in [0.15, 0.2) is 0 Å². The topological polar surface area (TPSA) is 58.8 Å². The van der Waals surface area contributed by atoms with E-state index in [4.69, 9.17) is 10.5 Å².